The molecule has 2 aromatic rings. The van der Waals surface area contributed by atoms with Crippen LogP contribution in [0, 0.1) is 13.8 Å². The third-order valence-electron chi connectivity index (χ3n) is 3.90. The highest BCUT2D eigenvalue weighted by Crippen LogP contribution is 2.31. The molecule has 1 amide bonds. The van der Waals surface area contributed by atoms with Crippen LogP contribution in [0.3, 0.4) is 0 Å². The number of carbonyl (C=O) groups is 1. The molecule has 1 unspecified atom stereocenters. The molecule has 1 saturated heterocycles. The Labute approximate surface area is 159 Å². The van der Waals surface area contributed by atoms with Crippen molar-refractivity contribution in [3.63, 3.8) is 0 Å². The lowest BCUT2D eigenvalue weighted by Gasteiger charge is -2.22. The van der Waals surface area contributed by atoms with Crippen molar-refractivity contribution < 1.29 is 9.53 Å². The lowest BCUT2D eigenvalue weighted by Crippen LogP contribution is -2.45. The van der Waals surface area contributed by atoms with Gasteiger partial charge in [-0.15, -0.1) is 12.4 Å². The Morgan fingerprint density at radius 2 is 1.96 bits per heavy atom. The molecule has 6 heteroatoms. The van der Waals surface area contributed by atoms with Gasteiger partial charge in [-0.05, 0) is 49.7 Å². The third-order valence-corrected chi connectivity index (χ3v) is 5.09. The SMILES string of the molecule is Cc1ccc(Sc2ccc(NC(=O)C3CNCCO3)cc2)c(C)c1.Cl. The molecule has 1 fully saturated rings. The predicted molar refractivity (Wildman–Crippen MR) is 105 cm³/mol. The topological polar surface area (TPSA) is 50.4 Å². The number of carbonyl (C=O) groups excluding carboxylic acids is 1. The number of rotatable bonds is 4. The predicted octanol–water partition coefficient (Wildman–Crippen LogP) is 3.80. The lowest BCUT2D eigenvalue weighted by molar-refractivity contribution is -0.128. The van der Waals surface area contributed by atoms with E-state index in [0.29, 0.717) is 13.2 Å². The molecule has 2 N–H and O–H groups in total. The smallest absolute Gasteiger partial charge is 0.254 e. The Kier molecular flexibility index (Phi) is 7.32. The zero-order chi connectivity index (χ0) is 16.9. The number of hydrogen-bond acceptors (Lipinski definition) is 4. The molecule has 134 valence electrons. The van der Waals surface area contributed by atoms with Crippen LogP contribution >= 0.6 is 24.2 Å². The van der Waals surface area contributed by atoms with Crippen LogP contribution in [0.5, 0.6) is 0 Å². The van der Waals surface area contributed by atoms with E-state index >= 15 is 0 Å². The van der Waals surface area contributed by atoms with Crippen molar-refractivity contribution in [3.05, 3.63) is 53.6 Å². The van der Waals surface area contributed by atoms with Crippen molar-refractivity contribution in [1.82, 2.24) is 5.32 Å². The van der Waals surface area contributed by atoms with Gasteiger partial charge >= 0.3 is 0 Å². The molecule has 0 saturated carbocycles. The first-order chi connectivity index (χ1) is 11.6. The maximum atomic E-state index is 12.1. The van der Waals surface area contributed by atoms with Crippen LogP contribution in [0.25, 0.3) is 0 Å². The first-order valence-electron chi connectivity index (χ1n) is 8.10. The number of benzene rings is 2. The zero-order valence-corrected chi connectivity index (χ0v) is 16.0. The fourth-order valence-corrected chi connectivity index (χ4v) is 3.49. The number of ether oxygens (including phenoxy) is 1. The highest BCUT2D eigenvalue weighted by atomic mass is 35.5. The van der Waals surface area contributed by atoms with E-state index in [1.54, 1.807) is 11.8 Å². The summed E-state index contributed by atoms with van der Waals surface area (Å²) in [6.07, 6.45) is -0.414. The average molecular weight is 379 g/mol. The highest BCUT2D eigenvalue weighted by Gasteiger charge is 2.21. The second kappa shape index (κ2) is 9.25. The Morgan fingerprint density at radius 1 is 1.20 bits per heavy atom. The average Bonchev–Trinajstić information content (AvgIpc) is 2.60. The van der Waals surface area contributed by atoms with Crippen molar-refractivity contribution in [2.45, 2.75) is 29.7 Å². The second-order valence-electron chi connectivity index (χ2n) is 5.95. The van der Waals surface area contributed by atoms with Crippen LogP contribution in [-0.2, 0) is 9.53 Å². The molecular formula is C19H23ClN2O2S. The van der Waals surface area contributed by atoms with Crippen molar-refractivity contribution in [3.8, 4) is 0 Å². The summed E-state index contributed by atoms with van der Waals surface area (Å²) in [7, 11) is 0. The standard InChI is InChI=1S/C19H22N2O2S.ClH/c1-13-3-8-18(14(2)11-13)24-16-6-4-15(5-7-16)21-19(22)17-12-20-9-10-23-17;/h3-8,11,17,20H,9-10,12H2,1-2H3,(H,21,22);1H. The van der Waals surface area contributed by atoms with E-state index in [-0.39, 0.29) is 18.3 Å². The van der Waals surface area contributed by atoms with Gasteiger partial charge in [-0.25, -0.2) is 0 Å². The number of aryl methyl sites for hydroxylation is 2. The summed E-state index contributed by atoms with van der Waals surface area (Å²) in [6.45, 7) is 6.16. The minimum absolute atomic E-state index is 0. The van der Waals surface area contributed by atoms with Gasteiger partial charge in [0.2, 0.25) is 0 Å². The first-order valence-corrected chi connectivity index (χ1v) is 8.92. The molecule has 4 nitrogen and oxygen atoms in total. The molecule has 1 aliphatic rings. The number of morpholine rings is 1. The molecule has 0 bridgehead atoms. The van der Waals surface area contributed by atoms with Gasteiger partial charge in [0.15, 0.2) is 0 Å². The maximum Gasteiger partial charge on any atom is 0.254 e. The lowest BCUT2D eigenvalue weighted by atomic mass is 10.2. The molecule has 0 aromatic heterocycles. The van der Waals surface area contributed by atoms with Gasteiger partial charge in [0.05, 0.1) is 6.61 Å². The largest absolute Gasteiger partial charge is 0.366 e. The minimum atomic E-state index is -0.414. The van der Waals surface area contributed by atoms with E-state index in [0.717, 1.165) is 17.1 Å². The van der Waals surface area contributed by atoms with Crippen molar-refractivity contribution in [1.29, 1.82) is 0 Å². The molecule has 25 heavy (non-hydrogen) atoms. The minimum Gasteiger partial charge on any atom is -0.366 e. The molecule has 1 aliphatic heterocycles. The Balaban J connectivity index is 0.00000225. The molecule has 3 rings (SSSR count). The van der Waals surface area contributed by atoms with E-state index in [1.807, 2.05) is 24.3 Å². The van der Waals surface area contributed by atoms with Crippen LogP contribution in [0.2, 0.25) is 0 Å². The zero-order valence-electron chi connectivity index (χ0n) is 14.4. The summed E-state index contributed by atoms with van der Waals surface area (Å²) >= 11 is 1.73. The quantitative estimate of drug-likeness (QED) is 0.849. The molecule has 1 heterocycles. The Bertz CT molecular complexity index is 716. The Hall–Kier alpha value is -1.53. The van der Waals surface area contributed by atoms with E-state index < -0.39 is 6.10 Å². The molecule has 0 radical (unpaired) electrons. The van der Waals surface area contributed by atoms with Crippen molar-refractivity contribution in [2.75, 3.05) is 25.0 Å². The van der Waals surface area contributed by atoms with Gasteiger partial charge in [0.1, 0.15) is 6.10 Å². The monoisotopic (exact) mass is 378 g/mol. The van der Waals surface area contributed by atoms with Crippen LogP contribution in [0.4, 0.5) is 5.69 Å². The van der Waals surface area contributed by atoms with Gasteiger partial charge < -0.3 is 15.4 Å². The van der Waals surface area contributed by atoms with Crippen LogP contribution in [0.15, 0.2) is 52.3 Å². The van der Waals surface area contributed by atoms with Crippen LogP contribution in [0.1, 0.15) is 11.1 Å². The summed E-state index contributed by atoms with van der Waals surface area (Å²) in [4.78, 5) is 14.5. The van der Waals surface area contributed by atoms with Crippen molar-refractivity contribution >= 4 is 35.8 Å². The number of amides is 1. The second-order valence-corrected chi connectivity index (χ2v) is 7.06. The summed E-state index contributed by atoms with van der Waals surface area (Å²) in [5.41, 5.74) is 3.34. The summed E-state index contributed by atoms with van der Waals surface area (Å²) in [5, 5.41) is 6.07. The van der Waals surface area contributed by atoms with Crippen molar-refractivity contribution in [2.24, 2.45) is 0 Å². The Morgan fingerprint density at radius 3 is 2.60 bits per heavy atom. The van der Waals surface area contributed by atoms with E-state index in [9.17, 15) is 4.79 Å². The number of anilines is 1. The fourth-order valence-electron chi connectivity index (χ4n) is 2.60. The molecule has 0 aliphatic carbocycles. The van der Waals surface area contributed by atoms with Gasteiger partial charge in [-0.1, -0.05) is 29.5 Å². The third kappa shape index (κ3) is 5.47. The molecule has 0 spiro atoms. The van der Waals surface area contributed by atoms with E-state index in [4.69, 9.17) is 4.74 Å². The summed E-state index contributed by atoms with van der Waals surface area (Å²) in [6, 6.07) is 14.4. The highest BCUT2D eigenvalue weighted by molar-refractivity contribution is 7.99. The normalized spacial score (nSPS) is 16.8. The van der Waals surface area contributed by atoms with Gasteiger partial charge in [-0.3, -0.25) is 4.79 Å². The number of nitrogens with one attached hydrogen (secondary N) is 2. The maximum absolute atomic E-state index is 12.1. The van der Waals surface area contributed by atoms with Gasteiger partial charge in [-0.2, -0.15) is 0 Å². The number of halogens is 1. The van der Waals surface area contributed by atoms with Gasteiger partial charge in [0, 0.05) is 28.6 Å². The van der Waals surface area contributed by atoms with E-state index in [2.05, 4.69) is 42.7 Å². The van der Waals surface area contributed by atoms with Crippen LogP contribution < -0.4 is 10.6 Å². The molecular weight excluding hydrogens is 356 g/mol. The van der Waals surface area contributed by atoms with E-state index in [1.165, 1.54) is 16.0 Å². The molecule has 2 aromatic carbocycles. The van der Waals surface area contributed by atoms with Gasteiger partial charge in [0.25, 0.3) is 5.91 Å². The number of hydrogen-bond donors (Lipinski definition) is 2. The first kappa shape index (κ1) is 19.8. The summed E-state index contributed by atoms with van der Waals surface area (Å²) < 4.78 is 5.46. The molecule has 1 atom stereocenters. The summed E-state index contributed by atoms with van der Waals surface area (Å²) in [5.74, 6) is -0.100. The van der Waals surface area contributed by atoms with Crippen LogP contribution in [-0.4, -0.2) is 31.7 Å². The fraction of sp³-hybridized carbons (Fsp3) is 0.316.